The van der Waals surface area contributed by atoms with Crippen LogP contribution in [0.15, 0.2) is 54.9 Å². The van der Waals surface area contributed by atoms with E-state index >= 15 is 0 Å². The van der Waals surface area contributed by atoms with Gasteiger partial charge in [0, 0.05) is 37.7 Å². The highest BCUT2D eigenvalue weighted by atomic mass is 16.5. The van der Waals surface area contributed by atoms with Crippen molar-refractivity contribution in [3.63, 3.8) is 0 Å². The fourth-order valence-corrected chi connectivity index (χ4v) is 2.62. The first-order valence-electron chi connectivity index (χ1n) is 8.51. The molecule has 0 atom stereocenters. The normalized spacial score (nSPS) is 10.4. The van der Waals surface area contributed by atoms with Crippen LogP contribution in [0.2, 0.25) is 0 Å². The number of ether oxygens (including phenoxy) is 1. The van der Waals surface area contributed by atoms with Crippen molar-refractivity contribution in [2.75, 3.05) is 30.9 Å². The van der Waals surface area contributed by atoms with Crippen molar-refractivity contribution in [1.29, 1.82) is 0 Å². The van der Waals surface area contributed by atoms with Crippen molar-refractivity contribution < 1.29 is 4.74 Å². The number of para-hydroxylation sites is 2. The Morgan fingerprint density at radius 2 is 1.85 bits per heavy atom. The number of methoxy groups -OCH3 is 1. The number of nitrogens with one attached hydrogen (secondary N) is 1. The minimum Gasteiger partial charge on any atom is -0.495 e. The second kappa shape index (κ2) is 8.29. The largest absolute Gasteiger partial charge is 0.495 e. The van der Waals surface area contributed by atoms with Crippen LogP contribution in [0.25, 0.3) is 0 Å². The monoisotopic (exact) mass is 349 g/mol. The van der Waals surface area contributed by atoms with Crippen LogP contribution in [0, 0.1) is 6.92 Å². The Morgan fingerprint density at radius 1 is 1.08 bits per heavy atom. The third-order valence-electron chi connectivity index (χ3n) is 4.04. The van der Waals surface area contributed by atoms with Crippen molar-refractivity contribution in [2.45, 2.75) is 13.3 Å². The van der Waals surface area contributed by atoms with Gasteiger partial charge in [-0.15, -0.1) is 0 Å². The summed E-state index contributed by atoms with van der Waals surface area (Å²) in [5.41, 5.74) is 3.02. The zero-order valence-corrected chi connectivity index (χ0v) is 15.3. The highest BCUT2D eigenvalue weighted by Crippen LogP contribution is 2.27. The molecule has 1 N–H and O–H groups in total. The molecule has 0 aliphatic carbocycles. The molecule has 0 saturated carbocycles. The molecule has 6 heteroatoms. The van der Waals surface area contributed by atoms with E-state index in [2.05, 4.69) is 25.2 Å². The van der Waals surface area contributed by atoms with Crippen LogP contribution in [0.4, 0.5) is 17.5 Å². The van der Waals surface area contributed by atoms with Gasteiger partial charge in [0.1, 0.15) is 11.6 Å². The number of rotatable bonds is 7. The van der Waals surface area contributed by atoms with Crippen LogP contribution in [-0.2, 0) is 6.42 Å². The average Bonchev–Trinajstić information content (AvgIpc) is 2.67. The zero-order valence-electron chi connectivity index (χ0n) is 15.3. The lowest BCUT2D eigenvalue weighted by molar-refractivity contribution is 0.417. The summed E-state index contributed by atoms with van der Waals surface area (Å²) in [5.74, 6) is 2.21. The third kappa shape index (κ3) is 4.47. The van der Waals surface area contributed by atoms with E-state index in [1.54, 1.807) is 7.11 Å². The SMILES string of the molecule is COc1ccccc1Nc1cc(C)nc(N(C)CCc2ccncc2)n1. The van der Waals surface area contributed by atoms with Crippen LogP contribution in [-0.4, -0.2) is 35.7 Å². The number of hydrogen-bond donors (Lipinski definition) is 1. The smallest absolute Gasteiger partial charge is 0.227 e. The summed E-state index contributed by atoms with van der Waals surface area (Å²) in [7, 11) is 3.66. The van der Waals surface area contributed by atoms with E-state index in [-0.39, 0.29) is 0 Å². The summed E-state index contributed by atoms with van der Waals surface area (Å²) in [5, 5.41) is 3.32. The quantitative estimate of drug-likeness (QED) is 0.703. The molecule has 0 aliphatic heterocycles. The molecule has 0 bridgehead atoms. The zero-order chi connectivity index (χ0) is 18.4. The molecule has 2 heterocycles. The molecule has 0 fully saturated rings. The lowest BCUT2D eigenvalue weighted by Gasteiger charge is -2.19. The Kier molecular flexibility index (Phi) is 5.63. The number of aryl methyl sites for hydroxylation is 1. The molecule has 6 nitrogen and oxygen atoms in total. The Hall–Kier alpha value is -3.15. The van der Waals surface area contributed by atoms with Gasteiger partial charge in [-0.1, -0.05) is 12.1 Å². The molecule has 134 valence electrons. The van der Waals surface area contributed by atoms with Crippen LogP contribution < -0.4 is 15.0 Å². The second-order valence-electron chi connectivity index (χ2n) is 6.05. The number of likely N-dealkylation sites (N-methyl/N-ethyl adjacent to an activating group) is 1. The first kappa shape index (κ1) is 17.7. The van der Waals surface area contributed by atoms with Crippen molar-refractivity contribution in [3.8, 4) is 5.75 Å². The fourth-order valence-electron chi connectivity index (χ4n) is 2.62. The predicted octanol–water partition coefficient (Wildman–Crippen LogP) is 3.61. The highest BCUT2D eigenvalue weighted by molar-refractivity contribution is 5.64. The van der Waals surface area contributed by atoms with Gasteiger partial charge >= 0.3 is 0 Å². The first-order valence-corrected chi connectivity index (χ1v) is 8.51. The molecule has 1 aromatic carbocycles. The molecule has 0 spiro atoms. The van der Waals surface area contributed by atoms with E-state index in [9.17, 15) is 0 Å². The Labute approximate surface area is 153 Å². The lowest BCUT2D eigenvalue weighted by Crippen LogP contribution is -2.23. The summed E-state index contributed by atoms with van der Waals surface area (Å²) in [4.78, 5) is 15.3. The molecule has 0 saturated heterocycles. The molecule has 3 rings (SSSR count). The molecule has 2 aromatic heterocycles. The number of aromatic nitrogens is 3. The molecular weight excluding hydrogens is 326 g/mol. The van der Waals surface area contributed by atoms with Crippen LogP contribution >= 0.6 is 0 Å². The molecule has 26 heavy (non-hydrogen) atoms. The number of pyridine rings is 1. The van der Waals surface area contributed by atoms with Crippen molar-refractivity contribution in [1.82, 2.24) is 15.0 Å². The van der Waals surface area contributed by atoms with Gasteiger partial charge in [-0.25, -0.2) is 4.98 Å². The van der Waals surface area contributed by atoms with Crippen molar-refractivity contribution in [3.05, 3.63) is 66.1 Å². The van der Waals surface area contributed by atoms with Gasteiger partial charge in [-0.3, -0.25) is 4.98 Å². The van der Waals surface area contributed by atoms with Gasteiger partial charge in [-0.05, 0) is 43.2 Å². The number of anilines is 3. The Morgan fingerprint density at radius 3 is 2.62 bits per heavy atom. The predicted molar refractivity (Wildman–Crippen MR) is 104 cm³/mol. The van der Waals surface area contributed by atoms with Gasteiger partial charge in [0.15, 0.2) is 0 Å². The van der Waals surface area contributed by atoms with E-state index in [1.807, 2.05) is 68.8 Å². The van der Waals surface area contributed by atoms with Crippen LogP contribution in [0.3, 0.4) is 0 Å². The van der Waals surface area contributed by atoms with Gasteiger partial charge in [0.2, 0.25) is 5.95 Å². The summed E-state index contributed by atoms with van der Waals surface area (Å²) >= 11 is 0. The molecule has 0 aliphatic rings. The summed E-state index contributed by atoms with van der Waals surface area (Å²) in [6.07, 6.45) is 4.53. The van der Waals surface area contributed by atoms with Gasteiger partial charge in [-0.2, -0.15) is 4.98 Å². The van der Waals surface area contributed by atoms with Crippen LogP contribution in [0.1, 0.15) is 11.3 Å². The van der Waals surface area contributed by atoms with Crippen LogP contribution in [0.5, 0.6) is 5.75 Å². The maximum atomic E-state index is 5.39. The van der Waals surface area contributed by atoms with E-state index in [0.29, 0.717) is 5.95 Å². The standard InChI is InChI=1S/C20H23N5O/c1-15-14-19(23-17-6-4-5-7-18(17)26-3)24-20(22-15)25(2)13-10-16-8-11-21-12-9-16/h4-9,11-12,14H,10,13H2,1-3H3,(H,22,23,24). The summed E-state index contributed by atoms with van der Waals surface area (Å²) < 4.78 is 5.39. The third-order valence-corrected chi connectivity index (χ3v) is 4.04. The van der Waals surface area contributed by atoms with E-state index < -0.39 is 0 Å². The van der Waals surface area contributed by atoms with E-state index in [0.717, 1.165) is 35.9 Å². The Bertz CT molecular complexity index is 854. The molecule has 0 unspecified atom stereocenters. The second-order valence-corrected chi connectivity index (χ2v) is 6.05. The van der Waals surface area contributed by atoms with Crippen molar-refractivity contribution in [2.24, 2.45) is 0 Å². The summed E-state index contributed by atoms with van der Waals surface area (Å²) in [6, 6.07) is 13.8. The topological polar surface area (TPSA) is 63.2 Å². The first-order chi connectivity index (χ1) is 12.7. The molecule has 0 amide bonds. The van der Waals surface area contributed by atoms with Gasteiger partial charge in [0.05, 0.1) is 12.8 Å². The summed E-state index contributed by atoms with van der Waals surface area (Å²) in [6.45, 7) is 2.79. The minimum absolute atomic E-state index is 0.691. The molecular formula is C20H23N5O. The maximum absolute atomic E-state index is 5.39. The Balaban J connectivity index is 1.74. The maximum Gasteiger partial charge on any atom is 0.227 e. The van der Waals surface area contributed by atoms with E-state index in [4.69, 9.17) is 4.74 Å². The number of nitrogens with zero attached hydrogens (tertiary/aromatic N) is 4. The minimum atomic E-state index is 0.691. The van der Waals surface area contributed by atoms with Crippen molar-refractivity contribution >= 4 is 17.5 Å². The average molecular weight is 349 g/mol. The van der Waals surface area contributed by atoms with E-state index in [1.165, 1.54) is 5.56 Å². The molecule has 0 radical (unpaired) electrons. The fraction of sp³-hybridized carbons (Fsp3) is 0.250. The number of hydrogen-bond acceptors (Lipinski definition) is 6. The lowest BCUT2D eigenvalue weighted by atomic mass is 10.2. The number of benzene rings is 1. The molecule has 3 aromatic rings. The highest BCUT2D eigenvalue weighted by Gasteiger charge is 2.09. The van der Waals surface area contributed by atoms with Gasteiger partial charge in [0.25, 0.3) is 0 Å². The van der Waals surface area contributed by atoms with Gasteiger partial charge < -0.3 is 15.0 Å².